The third-order valence-electron chi connectivity index (χ3n) is 9.76. The SMILES string of the molecule is Cc1ccccc1CNc1ncc(C#N)c(NC[C@]23CC4C[C@H](C2)[C@@H](N[C@H]2CC[C@H](O)CC2)[C@@H](C4)C3)n1. The van der Waals surface area contributed by atoms with Crippen LogP contribution in [0.25, 0.3) is 0 Å². The highest BCUT2D eigenvalue weighted by Gasteiger charge is 2.55. The van der Waals surface area contributed by atoms with Gasteiger partial charge < -0.3 is 21.1 Å². The molecule has 0 saturated heterocycles. The van der Waals surface area contributed by atoms with Crippen LogP contribution in [0.2, 0.25) is 0 Å². The smallest absolute Gasteiger partial charge is 0.224 e. The maximum Gasteiger partial charge on any atom is 0.224 e. The Balaban J connectivity index is 1.11. The first-order chi connectivity index (χ1) is 18.0. The van der Waals surface area contributed by atoms with Crippen molar-refractivity contribution in [2.45, 2.75) is 89.4 Å². The molecule has 2 aromatic rings. The number of rotatable bonds is 8. The Kier molecular flexibility index (Phi) is 6.81. The minimum absolute atomic E-state index is 0.0934. The van der Waals surface area contributed by atoms with Crippen LogP contribution in [0.1, 0.15) is 74.5 Å². The zero-order valence-corrected chi connectivity index (χ0v) is 21.9. The Morgan fingerprint density at radius 3 is 2.54 bits per heavy atom. The Labute approximate surface area is 220 Å². The second-order valence-corrected chi connectivity index (χ2v) is 12.4. The van der Waals surface area contributed by atoms with Crippen LogP contribution in [0, 0.1) is 41.4 Å². The van der Waals surface area contributed by atoms with Crippen LogP contribution in [0.3, 0.4) is 0 Å². The van der Waals surface area contributed by atoms with Crippen molar-refractivity contribution < 1.29 is 5.11 Å². The van der Waals surface area contributed by atoms with Crippen molar-refractivity contribution in [3.05, 3.63) is 47.2 Å². The molecule has 0 amide bonds. The number of nitrogens with one attached hydrogen (secondary N) is 3. The molecule has 4 bridgehead atoms. The van der Waals surface area contributed by atoms with Gasteiger partial charge in [0, 0.05) is 25.2 Å². The van der Waals surface area contributed by atoms with Gasteiger partial charge in [0.2, 0.25) is 5.95 Å². The molecule has 37 heavy (non-hydrogen) atoms. The van der Waals surface area contributed by atoms with Gasteiger partial charge in [0.25, 0.3) is 0 Å². The summed E-state index contributed by atoms with van der Waals surface area (Å²) >= 11 is 0. The maximum atomic E-state index is 9.90. The van der Waals surface area contributed by atoms with Gasteiger partial charge in [-0.15, -0.1) is 0 Å². The molecule has 5 atom stereocenters. The molecule has 5 aliphatic rings. The molecule has 4 N–H and O–H groups in total. The highest BCUT2D eigenvalue weighted by atomic mass is 16.3. The molecule has 0 spiro atoms. The molecule has 5 fully saturated rings. The van der Waals surface area contributed by atoms with Gasteiger partial charge in [0.15, 0.2) is 0 Å². The highest BCUT2D eigenvalue weighted by Crippen LogP contribution is 2.60. The molecule has 1 unspecified atom stereocenters. The largest absolute Gasteiger partial charge is 0.393 e. The van der Waals surface area contributed by atoms with Crippen LogP contribution in [-0.2, 0) is 6.54 Å². The molecule has 0 radical (unpaired) electrons. The van der Waals surface area contributed by atoms with E-state index in [0.29, 0.717) is 41.4 Å². The molecule has 7 heteroatoms. The molecule has 5 saturated carbocycles. The second kappa shape index (κ2) is 10.2. The number of benzene rings is 1. The monoisotopic (exact) mass is 500 g/mol. The van der Waals surface area contributed by atoms with Crippen molar-refractivity contribution in [2.24, 2.45) is 23.2 Å². The minimum Gasteiger partial charge on any atom is -0.393 e. The Morgan fingerprint density at radius 2 is 1.81 bits per heavy atom. The van der Waals surface area contributed by atoms with Crippen LogP contribution < -0.4 is 16.0 Å². The summed E-state index contributed by atoms with van der Waals surface area (Å²) < 4.78 is 0. The van der Waals surface area contributed by atoms with Gasteiger partial charge in [-0.3, -0.25) is 0 Å². The summed E-state index contributed by atoms with van der Waals surface area (Å²) in [7, 11) is 0. The fraction of sp³-hybridized carbons (Fsp3) is 0.633. The van der Waals surface area contributed by atoms with Crippen molar-refractivity contribution in [1.82, 2.24) is 15.3 Å². The predicted molar refractivity (Wildman–Crippen MR) is 145 cm³/mol. The number of nitriles is 1. The molecule has 7 rings (SSSR count). The van der Waals surface area contributed by atoms with Crippen LogP contribution in [0.5, 0.6) is 0 Å². The number of aliphatic hydroxyl groups excluding tert-OH is 1. The quantitative estimate of drug-likeness (QED) is 0.414. The minimum atomic E-state index is -0.0934. The van der Waals surface area contributed by atoms with E-state index in [9.17, 15) is 10.4 Å². The van der Waals surface area contributed by atoms with E-state index in [0.717, 1.165) is 50.0 Å². The summed E-state index contributed by atoms with van der Waals surface area (Å²) in [5, 5.41) is 30.6. The number of anilines is 2. The van der Waals surface area contributed by atoms with Crippen LogP contribution in [0.4, 0.5) is 11.8 Å². The van der Waals surface area contributed by atoms with Gasteiger partial charge >= 0.3 is 0 Å². The summed E-state index contributed by atoms with van der Waals surface area (Å²) in [6.45, 7) is 3.64. The Hall–Kier alpha value is -2.69. The lowest BCUT2D eigenvalue weighted by molar-refractivity contribution is -0.0737. The van der Waals surface area contributed by atoms with Crippen LogP contribution in [-0.4, -0.2) is 39.8 Å². The average molecular weight is 501 g/mol. The molecule has 0 aliphatic heterocycles. The number of hydrogen-bond donors (Lipinski definition) is 4. The van der Waals surface area contributed by atoms with Gasteiger partial charge in [-0.05, 0) is 99.0 Å². The first kappa shape index (κ1) is 24.6. The predicted octanol–water partition coefficient (Wildman–Crippen LogP) is 4.77. The zero-order chi connectivity index (χ0) is 25.4. The maximum absolute atomic E-state index is 9.90. The van der Waals surface area contributed by atoms with Crippen molar-refractivity contribution >= 4 is 11.8 Å². The first-order valence-electron chi connectivity index (χ1n) is 14.2. The average Bonchev–Trinajstić information content (AvgIpc) is 2.90. The lowest BCUT2D eigenvalue weighted by Gasteiger charge is -2.61. The van der Waals surface area contributed by atoms with E-state index in [1.807, 2.05) is 12.1 Å². The molecule has 1 aromatic heterocycles. The summed E-state index contributed by atoms with van der Waals surface area (Å²) in [6, 6.07) is 11.8. The summed E-state index contributed by atoms with van der Waals surface area (Å²) in [5.41, 5.74) is 3.25. The van der Waals surface area contributed by atoms with E-state index in [1.165, 1.54) is 43.2 Å². The van der Waals surface area contributed by atoms with Gasteiger partial charge in [0.1, 0.15) is 17.5 Å². The third kappa shape index (κ3) is 5.19. The van der Waals surface area contributed by atoms with Crippen molar-refractivity contribution in [3.8, 4) is 6.07 Å². The summed E-state index contributed by atoms with van der Waals surface area (Å²) in [4.78, 5) is 9.11. The van der Waals surface area contributed by atoms with Crippen LogP contribution in [0.15, 0.2) is 30.5 Å². The third-order valence-corrected chi connectivity index (χ3v) is 9.76. The zero-order valence-electron chi connectivity index (χ0n) is 21.9. The lowest BCUT2D eigenvalue weighted by atomic mass is 9.47. The molecule has 7 nitrogen and oxygen atoms in total. The van der Waals surface area contributed by atoms with Crippen LogP contribution >= 0.6 is 0 Å². The van der Waals surface area contributed by atoms with E-state index in [1.54, 1.807) is 6.20 Å². The second-order valence-electron chi connectivity index (χ2n) is 12.4. The Morgan fingerprint density at radius 1 is 1.05 bits per heavy atom. The highest BCUT2D eigenvalue weighted by molar-refractivity contribution is 5.53. The van der Waals surface area contributed by atoms with Gasteiger partial charge in [0.05, 0.1) is 12.3 Å². The van der Waals surface area contributed by atoms with Gasteiger partial charge in [-0.25, -0.2) is 4.98 Å². The molecule has 1 heterocycles. The van der Waals surface area contributed by atoms with E-state index in [2.05, 4.69) is 46.1 Å². The molecule has 1 aromatic carbocycles. The van der Waals surface area contributed by atoms with Crippen molar-refractivity contribution in [1.29, 1.82) is 5.26 Å². The number of aromatic nitrogens is 2. The fourth-order valence-electron chi connectivity index (χ4n) is 8.13. The molecular formula is C30H40N6O. The first-order valence-corrected chi connectivity index (χ1v) is 14.2. The topological polar surface area (TPSA) is 106 Å². The van der Waals surface area contributed by atoms with Gasteiger partial charge in [-0.1, -0.05) is 24.3 Å². The molecular weight excluding hydrogens is 460 g/mol. The van der Waals surface area contributed by atoms with E-state index < -0.39 is 0 Å². The van der Waals surface area contributed by atoms with E-state index in [-0.39, 0.29) is 6.10 Å². The summed E-state index contributed by atoms with van der Waals surface area (Å²) in [6.07, 6.45) is 12.2. The van der Waals surface area contributed by atoms with Crippen molar-refractivity contribution in [3.63, 3.8) is 0 Å². The number of hydrogen-bond acceptors (Lipinski definition) is 7. The molecule has 196 valence electrons. The molecule has 5 aliphatic carbocycles. The number of aryl methyl sites for hydroxylation is 1. The lowest BCUT2D eigenvalue weighted by Crippen LogP contribution is -2.61. The Bertz CT molecular complexity index is 1140. The van der Waals surface area contributed by atoms with Crippen molar-refractivity contribution in [2.75, 3.05) is 17.2 Å². The van der Waals surface area contributed by atoms with E-state index >= 15 is 0 Å². The number of nitrogens with zero attached hydrogens (tertiary/aromatic N) is 3. The fourth-order valence-corrected chi connectivity index (χ4v) is 8.13. The number of aliphatic hydroxyl groups is 1. The normalized spacial score (nSPS) is 34.2. The standard InChI is InChI=1S/C30H40N6O/c1-19-4-2-3-5-21(19)16-32-29-33-17-24(15-31)28(36-29)34-18-30-12-20-10-22(13-30)27(23(11-20)14-30)35-25-6-8-26(37)9-7-25/h2-5,17,20,22-23,25-27,35,37H,6-14,16,18H2,1H3,(H2,32,33,34,36)/t20?,22-,23+,25-,26-,27-,30-. The van der Waals surface area contributed by atoms with E-state index in [4.69, 9.17) is 4.98 Å². The van der Waals surface area contributed by atoms with Gasteiger partial charge in [-0.2, -0.15) is 10.2 Å². The summed E-state index contributed by atoms with van der Waals surface area (Å²) in [5.74, 6) is 3.52.